The standard InChI is InChI=1S/C14H11NO3.ClH/c1-2-11(16-5-1)14-10-7-13-12(17-8-18-13)6-9(10)3-4-15-14;/h1-2,5-7H,3-4,8H2;1H. The minimum Gasteiger partial charge on any atom is -0.463 e. The minimum atomic E-state index is 0. The molecule has 5 heteroatoms. The van der Waals surface area contributed by atoms with Crippen molar-refractivity contribution in [1.29, 1.82) is 0 Å². The van der Waals surface area contributed by atoms with Crippen LogP contribution in [0, 0.1) is 0 Å². The van der Waals surface area contributed by atoms with Gasteiger partial charge < -0.3 is 13.9 Å². The highest BCUT2D eigenvalue weighted by atomic mass is 35.5. The molecule has 19 heavy (non-hydrogen) atoms. The second kappa shape index (κ2) is 4.63. The highest BCUT2D eigenvalue weighted by Crippen LogP contribution is 2.36. The van der Waals surface area contributed by atoms with Gasteiger partial charge in [0.2, 0.25) is 6.79 Å². The van der Waals surface area contributed by atoms with Crippen LogP contribution < -0.4 is 9.47 Å². The van der Waals surface area contributed by atoms with Crippen molar-refractivity contribution >= 4 is 18.1 Å². The zero-order chi connectivity index (χ0) is 11.9. The summed E-state index contributed by atoms with van der Waals surface area (Å²) in [6, 6.07) is 7.85. The largest absolute Gasteiger partial charge is 0.463 e. The summed E-state index contributed by atoms with van der Waals surface area (Å²) in [5.74, 6) is 2.42. The Hall–Kier alpha value is -1.94. The summed E-state index contributed by atoms with van der Waals surface area (Å²) in [4.78, 5) is 4.57. The summed E-state index contributed by atoms with van der Waals surface area (Å²) < 4.78 is 16.3. The van der Waals surface area contributed by atoms with Gasteiger partial charge in [-0.05, 0) is 36.2 Å². The van der Waals surface area contributed by atoms with Gasteiger partial charge in [0.15, 0.2) is 17.3 Å². The lowest BCUT2D eigenvalue weighted by Gasteiger charge is -2.16. The van der Waals surface area contributed by atoms with Crippen LogP contribution in [0.5, 0.6) is 11.5 Å². The smallest absolute Gasteiger partial charge is 0.231 e. The Morgan fingerprint density at radius 3 is 2.74 bits per heavy atom. The van der Waals surface area contributed by atoms with E-state index < -0.39 is 0 Å². The van der Waals surface area contributed by atoms with Gasteiger partial charge in [-0.15, -0.1) is 12.4 Å². The van der Waals surface area contributed by atoms with Gasteiger partial charge in [0.05, 0.1) is 6.26 Å². The molecule has 0 radical (unpaired) electrons. The summed E-state index contributed by atoms with van der Waals surface area (Å²) in [7, 11) is 0. The molecule has 98 valence electrons. The SMILES string of the molecule is Cl.c1coc(C2=NCCc3cc4c(cc32)OCO4)c1. The van der Waals surface area contributed by atoms with E-state index in [2.05, 4.69) is 11.1 Å². The highest BCUT2D eigenvalue weighted by Gasteiger charge is 2.23. The molecule has 0 saturated carbocycles. The molecule has 1 aromatic carbocycles. The van der Waals surface area contributed by atoms with Crippen molar-refractivity contribution < 1.29 is 13.9 Å². The molecular formula is C14H12ClNO3. The van der Waals surface area contributed by atoms with Crippen molar-refractivity contribution in [3.8, 4) is 11.5 Å². The maximum Gasteiger partial charge on any atom is 0.231 e. The van der Waals surface area contributed by atoms with E-state index in [1.165, 1.54) is 5.56 Å². The number of nitrogens with zero attached hydrogens (tertiary/aromatic N) is 1. The van der Waals surface area contributed by atoms with E-state index >= 15 is 0 Å². The van der Waals surface area contributed by atoms with E-state index in [-0.39, 0.29) is 12.4 Å². The molecule has 0 bridgehead atoms. The number of halogens is 1. The lowest BCUT2D eigenvalue weighted by molar-refractivity contribution is 0.174. The number of fused-ring (bicyclic) bond motifs is 2. The molecule has 0 aliphatic carbocycles. The molecule has 0 N–H and O–H groups in total. The Labute approximate surface area is 116 Å². The van der Waals surface area contributed by atoms with Crippen LogP contribution in [-0.4, -0.2) is 19.0 Å². The Morgan fingerprint density at radius 2 is 1.95 bits per heavy atom. The summed E-state index contributed by atoms with van der Waals surface area (Å²) in [5, 5.41) is 0. The van der Waals surface area contributed by atoms with Crippen LogP contribution in [-0.2, 0) is 6.42 Å². The molecular weight excluding hydrogens is 266 g/mol. The molecule has 0 atom stereocenters. The van der Waals surface area contributed by atoms with Crippen LogP contribution in [0.25, 0.3) is 0 Å². The lowest BCUT2D eigenvalue weighted by Crippen LogP contribution is -2.13. The van der Waals surface area contributed by atoms with Gasteiger partial charge in [0.25, 0.3) is 0 Å². The van der Waals surface area contributed by atoms with Crippen molar-refractivity contribution in [2.24, 2.45) is 4.99 Å². The van der Waals surface area contributed by atoms with Crippen LogP contribution in [0.3, 0.4) is 0 Å². The molecule has 0 fully saturated rings. The number of benzene rings is 1. The molecule has 2 aliphatic heterocycles. The van der Waals surface area contributed by atoms with Gasteiger partial charge in [0, 0.05) is 12.1 Å². The fourth-order valence-corrected chi connectivity index (χ4v) is 2.41. The van der Waals surface area contributed by atoms with Gasteiger partial charge in [-0.2, -0.15) is 0 Å². The third-order valence-electron chi connectivity index (χ3n) is 3.26. The maximum absolute atomic E-state index is 5.45. The predicted molar refractivity (Wildman–Crippen MR) is 72.7 cm³/mol. The van der Waals surface area contributed by atoms with Crippen LogP contribution in [0.1, 0.15) is 16.9 Å². The summed E-state index contributed by atoms with van der Waals surface area (Å²) in [5.41, 5.74) is 3.22. The first-order valence-corrected chi connectivity index (χ1v) is 5.93. The number of hydrogen-bond donors (Lipinski definition) is 0. The third kappa shape index (κ3) is 1.88. The van der Waals surface area contributed by atoms with Gasteiger partial charge in [-0.1, -0.05) is 0 Å². The Morgan fingerprint density at radius 1 is 1.11 bits per heavy atom. The lowest BCUT2D eigenvalue weighted by atomic mass is 9.95. The number of hydrogen-bond acceptors (Lipinski definition) is 4. The first kappa shape index (κ1) is 12.1. The van der Waals surface area contributed by atoms with Crippen LogP contribution in [0.2, 0.25) is 0 Å². The second-order valence-electron chi connectivity index (χ2n) is 4.32. The molecule has 0 unspecified atom stereocenters. The average Bonchev–Trinajstić information content (AvgIpc) is 3.06. The number of ether oxygens (including phenoxy) is 2. The molecule has 4 rings (SSSR count). The highest BCUT2D eigenvalue weighted by molar-refractivity contribution is 6.13. The molecule has 2 aliphatic rings. The Kier molecular flexibility index (Phi) is 2.95. The summed E-state index contributed by atoms with van der Waals surface area (Å²) >= 11 is 0. The predicted octanol–water partition coefficient (Wildman–Crippen LogP) is 2.82. The van der Waals surface area contributed by atoms with Gasteiger partial charge in [0.1, 0.15) is 5.71 Å². The van der Waals surface area contributed by atoms with E-state index in [1.54, 1.807) is 6.26 Å². The average molecular weight is 278 g/mol. The molecule has 0 saturated heterocycles. The van der Waals surface area contributed by atoms with Crippen LogP contribution in [0.15, 0.2) is 39.9 Å². The van der Waals surface area contributed by atoms with Gasteiger partial charge in [-0.25, -0.2) is 0 Å². The van der Waals surface area contributed by atoms with E-state index in [4.69, 9.17) is 13.9 Å². The van der Waals surface area contributed by atoms with Gasteiger partial charge in [-0.3, -0.25) is 4.99 Å². The topological polar surface area (TPSA) is 44.0 Å². The molecule has 0 spiro atoms. The zero-order valence-electron chi connectivity index (χ0n) is 10.1. The van der Waals surface area contributed by atoms with E-state index in [0.29, 0.717) is 6.79 Å². The summed E-state index contributed by atoms with van der Waals surface area (Å²) in [6.45, 7) is 1.08. The van der Waals surface area contributed by atoms with Crippen molar-refractivity contribution in [2.45, 2.75) is 6.42 Å². The normalized spacial score (nSPS) is 15.5. The number of aliphatic imine (C=N–C) groups is 1. The molecule has 2 aromatic rings. The fraction of sp³-hybridized carbons (Fsp3) is 0.214. The zero-order valence-corrected chi connectivity index (χ0v) is 10.9. The van der Waals surface area contributed by atoms with Crippen LogP contribution in [0.4, 0.5) is 0 Å². The Balaban J connectivity index is 0.00000110. The third-order valence-corrected chi connectivity index (χ3v) is 3.26. The Bertz CT molecular complexity index is 634. The quantitative estimate of drug-likeness (QED) is 0.805. The van der Waals surface area contributed by atoms with Crippen molar-refractivity contribution in [1.82, 2.24) is 0 Å². The molecule has 1 aromatic heterocycles. The molecule has 4 nitrogen and oxygen atoms in total. The van der Waals surface area contributed by atoms with Crippen LogP contribution >= 0.6 is 12.4 Å². The number of furan rings is 1. The first-order chi connectivity index (χ1) is 8.92. The summed E-state index contributed by atoms with van der Waals surface area (Å²) in [6.07, 6.45) is 2.59. The van der Waals surface area contributed by atoms with Crippen molar-refractivity contribution in [2.75, 3.05) is 13.3 Å². The molecule has 3 heterocycles. The van der Waals surface area contributed by atoms with E-state index in [1.807, 2.05) is 18.2 Å². The molecule has 0 amide bonds. The number of rotatable bonds is 1. The minimum absolute atomic E-state index is 0. The maximum atomic E-state index is 5.45. The fourth-order valence-electron chi connectivity index (χ4n) is 2.41. The first-order valence-electron chi connectivity index (χ1n) is 5.93. The second-order valence-corrected chi connectivity index (χ2v) is 4.32. The van der Waals surface area contributed by atoms with E-state index in [0.717, 1.165) is 41.5 Å². The van der Waals surface area contributed by atoms with Crippen molar-refractivity contribution in [3.63, 3.8) is 0 Å². The van der Waals surface area contributed by atoms with Gasteiger partial charge >= 0.3 is 0 Å². The van der Waals surface area contributed by atoms with E-state index in [9.17, 15) is 0 Å². The monoisotopic (exact) mass is 277 g/mol. The van der Waals surface area contributed by atoms with Crippen molar-refractivity contribution in [3.05, 3.63) is 47.4 Å².